The number of nitrogens with zero attached hydrogens (tertiary/aromatic N) is 2. The van der Waals surface area contributed by atoms with Gasteiger partial charge in [0.2, 0.25) is 0 Å². The number of hydrogen-bond donors (Lipinski definition) is 2. The van der Waals surface area contributed by atoms with Crippen LogP contribution in [-0.4, -0.2) is 35.2 Å². The number of furan rings is 1. The van der Waals surface area contributed by atoms with Crippen LogP contribution in [0.1, 0.15) is 26.6 Å². The van der Waals surface area contributed by atoms with Gasteiger partial charge in [0.15, 0.2) is 11.5 Å². The van der Waals surface area contributed by atoms with Gasteiger partial charge < -0.3 is 19.8 Å². The van der Waals surface area contributed by atoms with Crippen molar-refractivity contribution in [2.24, 2.45) is 7.05 Å². The zero-order chi connectivity index (χ0) is 19.2. The summed E-state index contributed by atoms with van der Waals surface area (Å²) in [5.41, 5.74) is 1.31. The number of carbonyl (C=O) groups excluding carboxylic acids is 2. The number of aryl methyl sites for hydroxylation is 1. The maximum absolute atomic E-state index is 12.3. The van der Waals surface area contributed by atoms with Gasteiger partial charge in [0.05, 0.1) is 13.4 Å². The van der Waals surface area contributed by atoms with Gasteiger partial charge in [0.1, 0.15) is 11.6 Å². The predicted molar refractivity (Wildman–Crippen MR) is 98.9 cm³/mol. The van der Waals surface area contributed by atoms with Gasteiger partial charge in [-0.2, -0.15) is 5.10 Å². The van der Waals surface area contributed by atoms with E-state index in [-0.39, 0.29) is 17.4 Å². The minimum Gasteiger partial charge on any atom is -0.497 e. The lowest BCUT2D eigenvalue weighted by Gasteiger charge is -2.05. The maximum Gasteiger partial charge on any atom is 0.292 e. The van der Waals surface area contributed by atoms with E-state index in [0.29, 0.717) is 18.8 Å². The van der Waals surface area contributed by atoms with E-state index >= 15 is 0 Å². The first-order valence-corrected chi connectivity index (χ1v) is 8.37. The molecule has 0 saturated carbocycles. The van der Waals surface area contributed by atoms with Crippen molar-refractivity contribution in [3.8, 4) is 5.75 Å². The van der Waals surface area contributed by atoms with Crippen LogP contribution >= 0.6 is 0 Å². The lowest BCUT2D eigenvalue weighted by Crippen LogP contribution is -2.26. The number of amides is 2. The maximum atomic E-state index is 12.3. The largest absolute Gasteiger partial charge is 0.497 e. The van der Waals surface area contributed by atoms with Crippen LogP contribution in [0.15, 0.2) is 53.1 Å². The molecule has 8 heteroatoms. The zero-order valence-corrected chi connectivity index (χ0v) is 15.1. The Morgan fingerprint density at radius 2 is 1.96 bits per heavy atom. The molecule has 0 atom stereocenters. The molecule has 140 valence electrons. The normalized spacial score (nSPS) is 10.4. The smallest absolute Gasteiger partial charge is 0.292 e. The number of ether oxygens (including phenoxy) is 1. The van der Waals surface area contributed by atoms with Gasteiger partial charge in [-0.15, -0.1) is 0 Å². The Hall–Kier alpha value is -3.55. The molecule has 0 unspecified atom stereocenters. The molecule has 8 nitrogen and oxygen atoms in total. The first-order chi connectivity index (χ1) is 13.1. The summed E-state index contributed by atoms with van der Waals surface area (Å²) in [5, 5.41) is 9.61. The number of aromatic nitrogens is 2. The highest BCUT2D eigenvalue weighted by Gasteiger charge is 2.16. The summed E-state index contributed by atoms with van der Waals surface area (Å²) in [4.78, 5) is 24.3. The van der Waals surface area contributed by atoms with Gasteiger partial charge in [-0.05, 0) is 36.2 Å². The number of nitrogens with one attached hydrogen (secondary N) is 2. The average molecular weight is 368 g/mol. The number of benzene rings is 1. The molecule has 0 spiro atoms. The summed E-state index contributed by atoms with van der Waals surface area (Å²) in [7, 11) is 3.26. The monoisotopic (exact) mass is 368 g/mol. The second-order valence-electron chi connectivity index (χ2n) is 5.82. The standard InChI is InChI=1S/C19H20N4O4/c1-23-17(21-19(25)16-4-3-11-27-16)12-15(22-23)18(24)20-10-9-13-5-7-14(26-2)8-6-13/h3-8,11-12H,9-10H2,1-2H3,(H,20,24)(H,21,25). The van der Waals surface area contributed by atoms with E-state index in [9.17, 15) is 9.59 Å². The SMILES string of the molecule is COc1ccc(CCNC(=O)c2cc(NC(=O)c3ccco3)n(C)n2)cc1. The van der Waals surface area contributed by atoms with Crippen LogP contribution in [0.2, 0.25) is 0 Å². The van der Waals surface area contributed by atoms with E-state index in [4.69, 9.17) is 9.15 Å². The third kappa shape index (κ3) is 4.55. The van der Waals surface area contributed by atoms with Crippen LogP contribution in [0.4, 0.5) is 5.82 Å². The number of hydrogen-bond acceptors (Lipinski definition) is 5. The average Bonchev–Trinajstić information content (AvgIpc) is 3.33. The molecule has 0 radical (unpaired) electrons. The summed E-state index contributed by atoms with van der Waals surface area (Å²) in [6, 6.07) is 12.4. The molecule has 0 saturated heterocycles. The zero-order valence-electron chi connectivity index (χ0n) is 15.1. The van der Waals surface area contributed by atoms with Crippen molar-refractivity contribution in [1.29, 1.82) is 0 Å². The van der Waals surface area contributed by atoms with Gasteiger partial charge in [-0.3, -0.25) is 14.3 Å². The Morgan fingerprint density at radius 1 is 1.19 bits per heavy atom. The Balaban J connectivity index is 1.54. The number of carbonyl (C=O) groups is 2. The van der Waals surface area contributed by atoms with Gasteiger partial charge in [0.25, 0.3) is 11.8 Å². The first-order valence-electron chi connectivity index (χ1n) is 8.37. The molecule has 0 bridgehead atoms. The lowest BCUT2D eigenvalue weighted by atomic mass is 10.1. The van der Waals surface area contributed by atoms with Crippen molar-refractivity contribution in [2.75, 3.05) is 19.0 Å². The molecular weight excluding hydrogens is 348 g/mol. The van der Waals surface area contributed by atoms with E-state index in [1.54, 1.807) is 26.3 Å². The van der Waals surface area contributed by atoms with Crippen molar-refractivity contribution in [2.45, 2.75) is 6.42 Å². The molecule has 0 aliphatic heterocycles. The molecule has 0 aliphatic rings. The molecule has 2 N–H and O–H groups in total. The van der Waals surface area contributed by atoms with E-state index < -0.39 is 5.91 Å². The Labute approximate surface area is 156 Å². The minimum atomic E-state index is -0.408. The predicted octanol–water partition coefficient (Wildman–Crippen LogP) is 2.25. The number of methoxy groups -OCH3 is 1. The van der Waals surface area contributed by atoms with E-state index in [2.05, 4.69) is 15.7 Å². The van der Waals surface area contributed by atoms with Crippen LogP contribution in [0.5, 0.6) is 5.75 Å². The van der Waals surface area contributed by atoms with Crippen molar-refractivity contribution < 1.29 is 18.7 Å². The van der Waals surface area contributed by atoms with Crippen molar-refractivity contribution in [3.63, 3.8) is 0 Å². The van der Waals surface area contributed by atoms with E-state index in [1.165, 1.54) is 17.0 Å². The highest BCUT2D eigenvalue weighted by atomic mass is 16.5. The van der Waals surface area contributed by atoms with Crippen LogP contribution in [0.3, 0.4) is 0 Å². The van der Waals surface area contributed by atoms with Gasteiger partial charge >= 0.3 is 0 Å². The minimum absolute atomic E-state index is 0.182. The van der Waals surface area contributed by atoms with E-state index in [0.717, 1.165) is 11.3 Å². The first kappa shape index (κ1) is 18.2. The second-order valence-corrected chi connectivity index (χ2v) is 5.82. The van der Waals surface area contributed by atoms with E-state index in [1.807, 2.05) is 24.3 Å². The third-order valence-electron chi connectivity index (χ3n) is 3.96. The molecule has 0 fully saturated rings. The third-order valence-corrected chi connectivity index (χ3v) is 3.96. The van der Waals surface area contributed by atoms with Crippen LogP contribution in [-0.2, 0) is 13.5 Å². The van der Waals surface area contributed by atoms with Gasteiger partial charge in [-0.1, -0.05) is 12.1 Å². The summed E-state index contributed by atoms with van der Waals surface area (Å²) in [5.74, 6) is 0.658. The lowest BCUT2D eigenvalue weighted by molar-refractivity contribution is 0.0947. The van der Waals surface area contributed by atoms with Gasteiger partial charge in [0, 0.05) is 19.7 Å². The molecule has 3 aromatic rings. The molecule has 2 heterocycles. The summed E-state index contributed by atoms with van der Waals surface area (Å²) in [6.07, 6.45) is 2.10. The van der Waals surface area contributed by atoms with Gasteiger partial charge in [-0.25, -0.2) is 0 Å². The Kier molecular flexibility index (Phi) is 5.55. The van der Waals surface area contributed by atoms with Crippen LogP contribution < -0.4 is 15.4 Å². The molecule has 2 aromatic heterocycles. The molecule has 2 amide bonds. The highest BCUT2D eigenvalue weighted by Crippen LogP contribution is 2.13. The molecule has 0 aliphatic carbocycles. The van der Waals surface area contributed by atoms with Crippen molar-refractivity contribution >= 4 is 17.6 Å². The summed E-state index contributed by atoms with van der Waals surface area (Å²) < 4.78 is 11.6. The van der Waals surface area contributed by atoms with Crippen LogP contribution in [0, 0.1) is 0 Å². The highest BCUT2D eigenvalue weighted by molar-refractivity contribution is 6.02. The summed E-state index contributed by atoms with van der Waals surface area (Å²) >= 11 is 0. The number of rotatable bonds is 7. The number of anilines is 1. The van der Waals surface area contributed by atoms with Crippen LogP contribution in [0.25, 0.3) is 0 Å². The fourth-order valence-corrected chi connectivity index (χ4v) is 2.48. The quantitative estimate of drug-likeness (QED) is 0.666. The fraction of sp³-hybridized carbons (Fsp3) is 0.211. The fourth-order valence-electron chi connectivity index (χ4n) is 2.48. The second kappa shape index (κ2) is 8.22. The summed E-state index contributed by atoms with van der Waals surface area (Å²) in [6.45, 7) is 0.468. The molecule has 27 heavy (non-hydrogen) atoms. The molecular formula is C19H20N4O4. The molecule has 3 rings (SSSR count). The topological polar surface area (TPSA) is 98.4 Å². The molecule has 1 aromatic carbocycles. The van der Waals surface area contributed by atoms with Crippen molar-refractivity contribution in [3.05, 3.63) is 65.7 Å². The Bertz CT molecular complexity index is 914. The van der Waals surface area contributed by atoms with Crippen molar-refractivity contribution in [1.82, 2.24) is 15.1 Å². The Morgan fingerprint density at radius 3 is 2.63 bits per heavy atom.